The van der Waals surface area contributed by atoms with Crippen molar-refractivity contribution in [2.75, 3.05) is 54.7 Å². The van der Waals surface area contributed by atoms with E-state index >= 15 is 0 Å². The van der Waals surface area contributed by atoms with E-state index in [2.05, 4.69) is 40.2 Å². The fourth-order valence-corrected chi connectivity index (χ4v) is 3.15. The third-order valence-electron chi connectivity index (χ3n) is 5.31. The second-order valence-corrected chi connectivity index (χ2v) is 8.25. The summed E-state index contributed by atoms with van der Waals surface area (Å²) in [6, 6.07) is -1.67. The Balaban J connectivity index is 3.82. The molecule has 0 heterocycles. The molecule has 0 aromatic rings. The van der Waals surface area contributed by atoms with Gasteiger partial charge in [0.1, 0.15) is 12.1 Å². The summed E-state index contributed by atoms with van der Waals surface area (Å²) in [5.74, 6) is -1.17. The van der Waals surface area contributed by atoms with E-state index in [1.165, 1.54) is 28.4 Å². The number of hydrogen-bond acceptors (Lipinski definition) is 12. The van der Waals surface area contributed by atoms with Crippen molar-refractivity contribution in [2.45, 2.75) is 63.5 Å². The minimum absolute atomic E-state index is 0.144. The number of nitrogens with one attached hydrogen (secondary N) is 4. The Morgan fingerprint density at radius 2 is 0.875 bits per heavy atom. The van der Waals surface area contributed by atoms with Gasteiger partial charge in [-0.2, -0.15) is 0 Å². The molecule has 2 unspecified atom stereocenters. The van der Waals surface area contributed by atoms with Gasteiger partial charge in [0.15, 0.2) is 0 Å². The highest BCUT2D eigenvalue weighted by molar-refractivity contribution is 5.81. The summed E-state index contributed by atoms with van der Waals surface area (Å²) in [5, 5.41) is 9.95. The normalized spacial score (nSPS) is 11.6. The largest absolute Gasteiger partial charge is 0.467 e. The Labute approximate surface area is 233 Å². The van der Waals surface area contributed by atoms with Gasteiger partial charge in [0, 0.05) is 13.1 Å². The highest BCUT2D eigenvalue weighted by atomic mass is 16.6. The van der Waals surface area contributed by atoms with Crippen LogP contribution in [0, 0.1) is 0 Å². The average molecular weight is 579 g/mol. The molecule has 0 fully saturated rings. The molecule has 0 spiro atoms. The van der Waals surface area contributed by atoms with E-state index in [0.717, 1.165) is 0 Å². The highest BCUT2D eigenvalue weighted by Gasteiger charge is 2.22. The van der Waals surface area contributed by atoms with Gasteiger partial charge in [0.2, 0.25) is 0 Å². The van der Waals surface area contributed by atoms with Crippen molar-refractivity contribution in [2.24, 2.45) is 0 Å². The monoisotopic (exact) mass is 578 g/mol. The van der Waals surface area contributed by atoms with E-state index in [-0.39, 0.29) is 13.2 Å². The first-order valence-corrected chi connectivity index (χ1v) is 12.8. The maximum Gasteiger partial charge on any atom is 0.407 e. The minimum Gasteiger partial charge on any atom is -0.467 e. The number of ether oxygens (including phenoxy) is 6. The van der Waals surface area contributed by atoms with Gasteiger partial charge in [-0.15, -0.1) is 0 Å². The molecule has 0 radical (unpaired) electrons. The smallest absolute Gasteiger partial charge is 0.407 e. The average Bonchev–Trinajstić information content (AvgIpc) is 2.95. The molecule has 230 valence electrons. The van der Waals surface area contributed by atoms with Crippen LogP contribution in [-0.4, -0.2) is 103 Å². The number of unbranched alkanes of at least 4 members (excludes halogenated alkanes) is 3. The molecule has 16 heteroatoms. The number of hydrogen-bond donors (Lipinski definition) is 4. The number of amides is 4. The van der Waals surface area contributed by atoms with Crippen LogP contribution in [0.2, 0.25) is 0 Å². The van der Waals surface area contributed by atoms with Crippen LogP contribution in [0.25, 0.3) is 0 Å². The summed E-state index contributed by atoms with van der Waals surface area (Å²) < 4.78 is 28.3. The van der Waals surface area contributed by atoms with Gasteiger partial charge in [-0.3, -0.25) is 0 Å². The van der Waals surface area contributed by atoms with Crippen LogP contribution in [0.5, 0.6) is 0 Å². The molecule has 16 nitrogen and oxygen atoms in total. The first kappa shape index (κ1) is 36.0. The Bertz CT molecular complexity index is 732. The van der Waals surface area contributed by atoms with Crippen LogP contribution in [0.3, 0.4) is 0 Å². The Kier molecular flexibility index (Phi) is 20.7. The zero-order valence-electron chi connectivity index (χ0n) is 23.5. The van der Waals surface area contributed by atoms with Crippen LogP contribution < -0.4 is 21.3 Å². The molecule has 4 N–H and O–H groups in total. The van der Waals surface area contributed by atoms with Gasteiger partial charge in [-0.05, 0) is 51.4 Å². The third-order valence-corrected chi connectivity index (χ3v) is 5.31. The summed E-state index contributed by atoms with van der Waals surface area (Å²) >= 11 is 0. The summed E-state index contributed by atoms with van der Waals surface area (Å²) in [7, 11) is 4.82. The van der Waals surface area contributed by atoms with E-state index in [4.69, 9.17) is 9.47 Å². The lowest BCUT2D eigenvalue weighted by molar-refractivity contribution is -0.144. The lowest BCUT2D eigenvalue weighted by Gasteiger charge is -2.15. The van der Waals surface area contributed by atoms with Crippen molar-refractivity contribution in [1.29, 1.82) is 0 Å². The van der Waals surface area contributed by atoms with Crippen molar-refractivity contribution in [3.63, 3.8) is 0 Å². The molecule has 0 saturated carbocycles. The van der Waals surface area contributed by atoms with Crippen molar-refractivity contribution in [3.8, 4) is 0 Å². The molecule has 4 amide bonds. The van der Waals surface area contributed by atoms with Crippen LogP contribution >= 0.6 is 0 Å². The quantitative estimate of drug-likeness (QED) is 0.0974. The topological polar surface area (TPSA) is 206 Å². The Morgan fingerprint density at radius 3 is 1.20 bits per heavy atom. The number of carbonyl (C=O) groups is 6. The second-order valence-electron chi connectivity index (χ2n) is 8.25. The maximum atomic E-state index is 11.7. The summed E-state index contributed by atoms with van der Waals surface area (Å²) in [6.45, 7) is 0.926. The summed E-state index contributed by atoms with van der Waals surface area (Å²) in [6.07, 6.45) is 1.11. The molecule has 40 heavy (non-hydrogen) atoms. The number of rotatable bonds is 19. The zero-order valence-corrected chi connectivity index (χ0v) is 23.5. The second kappa shape index (κ2) is 23.0. The number of methoxy groups -OCH3 is 4. The minimum atomic E-state index is -0.837. The molecule has 0 aromatic heterocycles. The molecule has 0 bridgehead atoms. The van der Waals surface area contributed by atoms with Crippen LogP contribution in [-0.2, 0) is 38.0 Å². The molecule has 0 aliphatic heterocycles. The van der Waals surface area contributed by atoms with Crippen molar-refractivity contribution in [1.82, 2.24) is 21.3 Å². The highest BCUT2D eigenvalue weighted by Crippen LogP contribution is 2.04. The van der Waals surface area contributed by atoms with Gasteiger partial charge in [-0.1, -0.05) is 0 Å². The van der Waals surface area contributed by atoms with E-state index in [0.29, 0.717) is 64.5 Å². The predicted molar refractivity (Wildman–Crippen MR) is 138 cm³/mol. The lowest BCUT2D eigenvalue weighted by Crippen LogP contribution is -2.41. The van der Waals surface area contributed by atoms with Gasteiger partial charge in [-0.25, -0.2) is 28.8 Å². The molecule has 0 saturated heterocycles. The number of carbonyl (C=O) groups excluding carboxylic acids is 6. The predicted octanol–water partition coefficient (Wildman–Crippen LogP) is 1.35. The Morgan fingerprint density at radius 1 is 0.500 bits per heavy atom. The summed E-state index contributed by atoms with van der Waals surface area (Å²) in [4.78, 5) is 69.4. The van der Waals surface area contributed by atoms with Gasteiger partial charge in [0.05, 0.1) is 41.7 Å². The molecule has 0 rings (SSSR count). The van der Waals surface area contributed by atoms with Gasteiger partial charge < -0.3 is 49.7 Å². The lowest BCUT2D eigenvalue weighted by atomic mass is 10.1. The van der Waals surface area contributed by atoms with Gasteiger partial charge >= 0.3 is 36.3 Å². The first-order valence-electron chi connectivity index (χ1n) is 12.8. The van der Waals surface area contributed by atoms with E-state index < -0.39 is 48.4 Å². The van der Waals surface area contributed by atoms with Crippen LogP contribution in [0.1, 0.15) is 51.4 Å². The first-order chi connectivity index (χ1) is 19.2. The van der Waals surface area contributed by atoms with Gasteiger partial charge in [0.25, 0.3) is 0 Å². The fourth-order valence-electron chi connectivity index (χ4n) is 3.15. The third kappa shape index (κ3) is 18.3. The maximum absolute atomic E-state index is 11.7. The molecular weight excluding hydrogens is 536 g/mol. The molecule has 0 aromatic carbocycles. The van der Waals surface area contributed by atoms with E-state index in [1.807, 2.05) is 0 Å². The fraction of sp³-hybridized carbons (Fsp3) is 0.750. The number of alkyl carbamates (subject to hydrolysis) is 4. The van der Waals surface area contributed by atoms with E-state index in [1.54, 1.807) is 0 Å². The standard InChI is InChI=1S/C24H42N4O12/c1-35-19(29)17(27-23(33)37-3)11-5-7-13-25-21(31)39-15-9-10-16-40-22(32)26-14-8-6-12-18(20(30)36-2)28-24(34)38-4/h17-18H,5-16H2,1-4H3,(H,25,31)(H,26,32)(H,27,33)(H,28,34). The van der Waals surface area contributed by atoms with Crippen molar-refractivity contribution >= 4 is 36.3 Å². The zero-order chi connectivity index (χ0) is 30.2. The molecule has 0 aliphatic rings. The summed E-state index contributed by atoms with van der Waals surface area (Å²) in [5.41, 5.74) is 0. The van der Waals surface area contributed by atoms with Crippen LogP contribution in [0.15, 0.2) is 0 Å². The van der Waals surface area contributed by atoms with Crippen molar-refractivity contribution < 1.29 is 57.2 Å². The Hall–Kier alpha value is -3.98. The van der Waals surface area contributed by atoms with E-state index in [9.17, 15) is 28.8 Å². The SMILES string of the molecule is COC(=O)NC(CCCCNC(=O)OCCCCOC(=O)NCCCCC(NC(=O)OC)C(=O)OC)C(=O)OC. The molecular formula is C24H42N4O12. The number of esters is 2. The molecule has 0 aliphatic carbocycles. The van der Waals surface area contributed by atoms with Crippen molar-refractivity contribution in [3.05, 3.63) is 0 Å². The van der Waals surface area contributed by atoms with Crippen LogP contribution in [0.4, 0.5) is 19.2 Å². The molecule has 2 atom stereocenters.